The summed E-state index contributed by atoms with van der Waals surface area (Å²) in [6, 6.07) is 8.83. The van der Waals surface area contributed by atoms with E-state index in [2.05, 4.69) is 25.6 Å². The number of carbonyl (C=O) groups is 1. The second-order valence-corrected chi connectivity index (χ2v) is 7.05. The summed E-state index contributed by atoms with van der Waals surface area (Å²) in [4.78, 5) is 17.4. The van der Waals surface area contributed by atoms with E-state index in [1.807, 2.05) is 20.8 Å². The highest BCUT2D eigenvalue weighted by Gasteiger charge is 2.19. The van der Waals surface area contributed by atoms with Crippen LogP contribution in [0, 0.1) is 0 Å². The van der Waals surface area contributed by atoms with Crippen LogP contribution in [-0.2, 0) is 6.42 Å². The molecule has 30 heavy (non-hydrogen) atoms. The molecule has 0 atom stereocenters. The van der Waals surface area contributed by atoms with E-state index in [1.165, 1.54) is 13.3 Å². The van der Waals surface area contributed by atoms with Gasteiger partial charge in [-0.1, -0.05) is 20.8 Å². The van der Waals surface area contributed by atoms with Gasteiger partial charge in [-0.05, 0) is 30.7 Å². The third kappa shape index (κ3) is 3.61. The summed E-state index contributed by atoms with van der Waals surface area (Å²) in [6.07, 6.45) is 2.13. The highest BCUT2D eigenvalue weighted by Crippen LogP contribution is 2.24. The molecule has 4 rings (SSSR count). The molecule has 0 aliphatic carbocycles. The lowest BCUT2D eigenvalue weighted by Gasteiger charge is -2.08. The smallest absolute Gasteiger partial charge is 0.259 e. The standard InChI is InChI=1S/C21H22N6O3/c1-5-16-14(11-22-27(16)18-8-9-19(29-4)26-25-18)20(28)23-13-6-7-17-15(10-13)24-21(30-17)12(2)3/h6-12H,5H2,1-4H3,(H,23,28). The van der Waals surface area contributed by atoms with Crippen LogP contribution in [-0.4, -0.2) is 38.0 Å². The average molecular weight is 406 g/mol. The fourth-order valence-corrected chi connectivity index (χ4v) is 3.10. The number of hydrogen-bond donors (Lipinski definition) is 1. The minimum Gasteiger partial charge on any atom is -0.480 e. The fraction of sp³-hybridized carbons (Fsp3) is 0.286. The van der Waals surface area contributed by atoms with Gasteiger partial charge in [0.2, 0.25) is 5.88 Å². The highest BCUT2D eigenvalue weighted by molar-refractivity contribution is 6.05. The van der Waals surface area contributed by atoms with Crippen molar-refractivity contribution in [3.8, 4) is 11.7 Å². The monoisotopic (exact) mass is 406 g/mol. The van der Waals surface area contributed by atoms with Crippen molar-refractivity contribution in [3.05, 3.63) is 53.7 Å². The van der Waals surface area contributed by atoms with Crippen molar-refractivity contribution >= 4 is 22.7 Å². The van der Waals surface area contributed by atoms with Gasteiger partial charge >= 0.3 is 0 Å². The number of nitrogens with zero attached hydrogens (tertiary/aromatic N) is 5. The van der Waals surface area contributed by atoms with Crippen LogP contribution >= 0.6 is 0 Å². The molecule has 1 amide bonds. The normalized spacial score (nSPS) is 11.2. The van der Waals surface area contributed by atoms with Gasteiger partial charge in [0.15, 0.2) is 17.3 Å². The Morgan fingerprint density at radius 2 is 2.07 bits per heavy atom. The average Bonchev–Trinajstić information content (AvgIpc) is 3.37. The van der Waals surface area contributed by atoms with E-state index in [-0.39, 0.29) is 11.8 Å². The van der Waals surface area contributed by atoms with E-state index >= 15 is 0 Å². The SMILES string of the molecule is CCc1c(C(=O)Nc2ccc3oc(C(C)C)nc3c2)cnn1-c1ccc(OC)nn1. The first-order chi connectivity index (χ1) is 14.5. The van der Waals surface area contributed by atoms with Crippen LogP contribution in [0.5, 0.6) is 5.88 Å². The summed E-state index contributed by atoms with van der Waals surface area (Å²) in [5.74, 6) is 1.52. The first kappa shape index (κ1) is 19.6. The van der Waals surface area contributed by atoms with Crippen LogP contribution in [0.4, 0.5) is 5.69 Å². The number of nitrogens with one attached hydrogen (secondary N) is 1. The van der Waals surface area contributed by atoms with E-state index < -0.39 is 0 Å². The Bertz CT molecular complexity index is 1190. The van der Waals surface area contributed by atoms with Crippen LogP contribution in [0.3, 0.4) is 0 Å². The van der Waals surface area contributed by atoms with E-state index in [0.29, 0.717) is 46.4 Å². The lowest BCUT2D eigenvalue weighted by molar-refractivity contribution is 0.102. The van der Waals surface area contributed by atoms with Crippen LogP contribution in [0.2, 0.25) is 0 Å². The molecule has 0 fully saturated rings. The van der Waals surface area contributed by atoms with Crippen molar-refractivity contribution in [3.63, 3.8) is 0 Å². The van der Waals surface area contributed by atoms with Gasteiger partial charge in [-0.2, -0.15) is 5.10 Å². The number of ether oxygens (including phenoxy) is 1. The Hall–Kier alpha value is -3.75. The molecule has 0 spiro atoms. The van der Waals surface area contributed by atoms with Gasteiger partial charge in [-0.15, -0.1) is 10.2 Å². The summed E-state index contributed by atoms with van der Waals surface area (Å²) in [5.41, 5.74) is 3.23. The highest BCUT2D eigenvalue weighted by atomic mass is 16.5. The van der Waals surface area contributed by atoms with Crippen molar-refractivity contribution in [2.24, 2.45) is 0 Å². The van der Waals surface area contributed by atoms with Crippen molar-refractivity contribution < 1.29 is 13.9 Å². The second kappa shape index (κ2) is 7.94. The molecule has 0 aliphatic rings. The summed E-state index contributed by atoms with van der Waals surface area (Å²) in [5, 5.41) is 15.3. The zero-order valence-electron chi connectivity index (χ0n) is 17.2. The van der Waals surface area contributed by atoms with Gasteiger partial charge in [0.1, 0.15) is 5.52 Å². The number of fused-ring (bicyclic) bond motifs is 1. The zero-order chi connectivity index (χ0) is 21.3. The number of hydrogen-bond acceptors (Lipinski definition) is 7. The molecule has 0 saturated heterocycles. The second-order valence-electron chi connectivity index (χ2n) is 7.05. The number of anilines is 1. The molecular weight excluding hydrogens is 384 g/mol. The topological polar surface area (TPSA) is 108 Å². The molecule has 3 heterocycles. The predicted molar refractivity (Wildman–Crippen MR) is 111 cm³/mol. The van der Waals surface area contributed by atoms with Crippen LogP contribution in [0.1, 0.15) is 48.6 Å². The first-order valence-corrected chi connectivity index (χ1v) is 9.67. The molecule has 0 unspecified atom stereocenters. The molecule has 154 valence electrons. The molecule has 0 saturated carbocycles. The molecule has 9 nitrogen and oxygen atoms in total. The quantitative estimate of drug-likeness (QED) is 0.519. The maximum atomic E-state index is 12.9. The lowest BCUT2D eigenvalue weighted by Crippen LogP contribution is -2.14. The van der Waals surface area contributed by atoms with Crippen molar-refractivity contribution in [1.29, 1.82) is 0 Å². The molecule has 1 aromatic carbocycles. The minimum atomic E-state index is -0.258. The maximum absolute atomic E-state index is 12.9. The molecule has 0 radical (unpaired) electrons. The molecular formula is C21H22N6O3. The number of carbonyl (C=O) groups excluding carboxylic acids is 1. The molecule has 9 heteroatoms. The molecule has 0 aliphatic heterocycles. The summed E-state index contributed by atoms with van der Waals surface area (Å²) in [7, 11) is 1.53. The first-order valence-electron chi connectivity index (χ1n) is 9.67. The van der Waals surface area contributed by atoms with Gasteiger partial charge in [-0.25, -0.2) is 9.67 Å². The number of benzene rings is 1. The van der Waals surface area contributed by atoms with Crippen molar-refractivity contribution in [2.45, 2.75) is 33.1 Å². The van der Waals surface area contributed by atoms with Gasteiger partial charge in [0, 0.05) is 17.7 Å². The number of rotatable bonds is 6. The van der Waals surface area contributed by atoms with Crippen molar-refractivity contribution in [1.82, 2.24) is 25.0 Å². The van der Waals surface area contributed by atoms with Gasteiger partial charge in [0.25, 0.3) is 5.91 Å². The predicted octanol–water partition coefficient (Wildman–Crippen LogP) is 3.75. The Morgan fingerprint density at radius 3 is 2.73 bits per heavy atom. The minimum absolute atomic E-state index is 0.189. The number of amides is 1. The van der Waals surface area contributed by atoms with Gasteiger partial charge in [-0.3, -0.25) is 4.79 Å². The summed E-state index contributed by atoms with van der Waals surface area (Å²) in [6.45, 7) is 5.99. The molecule has 4 aromatic rings. The Morgan fingerprint density at radius 1 is 1.23 bits per heavy atom. The molecule has 3 aromatic heterocycles. The number of methoxy groups -OCH3 is 1. The van der Waals surface area contributed by atoms with Gasteiger partial charge in [0.05, 0.1) is 24.6 Å². The van der Waals surface area contributed by atoms with E-state index in [4.69, 9.17) is 9.15 Å². The third-order valence-corrected chi connectivity index (χ3v) is 4.66. The Kier molecular flexibility index (Phi) is 5.18. The van der Waals surface area contributed by atoms with E-state index in [1.54, 1.807) is 35.0 Å². The molecule has 0 bridgehead atoms. The Labute approximate surface area is 173 Å². The fourth-order valence-electron chi connectivity index (χ4n) is 3.10. The molecule has 1 N–H and O–H groups in total. The van der Waals surface area contributed by atoms with Crippen LogP contribution < -0.4 is 10.1 Å². The lowest BCUT2D eigenvalue weighted by atomic mass is 10.2. The Balaban J connectivity index is 1.60. The van der Waals surface area contributed by atoms with Crippen LogP contribution in [0.15, 0.2) is 40.9 Å². The van der Waals surface area contributed by atoms with Crippen LogP contribution in [0.25, 0.3) is 16.9 Å². The van der Waals surface area contributed by atoms with Crippen molar-refractivity contribution in [2.75, 3.05) is 12.4 Å². The van der Waals surface area contributed by atoms with E-state index in [0.717, 1.165) is 5.69 Å². The van der Waals surface area contributed by atoms with E-state index in [9.17, 15) is 4.79 Å². The zero-order valence-corrected chi connectivity index (χ0v) is 17.2. The largest absolute Gasteiger partial charge is 0.480 e. The maximum Gasteiger partial charge on any atom is 0.259 e. The third-order valence-electron chi connectivity index (χ3n) is 4.66. The number of aromatic nitrogens is 5. The summed E-state index contributed by atoms with van der Waals surface area (Å²) >= 11 is 0. The summed E-state index contributed by atoms with van der Waals surface area (Å²) < 4.78 is 12.4. The number of oxazole rings is 1. The van der Waals surface area contributed by atoms with Gasteiger partial charge < -0.3 is 14.5 Å².